The van der Waals surface area contributed by atoms with Gasteiger partial charge < -0.3 is 9.47 Å². The van der Waals surface area contributed by atoms with E-state index in [2.05, 4.69) is 14.5 Å². The molecule has 1 spiro atoms. The minimum absolute atomic E-state index is 0.142. The third-order valence-corrected chi connectivity index (χ3v) is 9.02. The highest BCUT2D eigenvalue weighted by molar-refractivity contribution is 7.92. The molecule has 2 aliphatic heterocycles. The predicted molar refractivity (Wildman–Crippen MR) is 118 cm³/mol. The van der Waals surface area contributed by atoms with Gasteiger partial charge in [0.15, 0.2) is 9.84 Å². The number of hydrogen-bond acceptors (Lipinski definition) is 5. The third kappa shape index (κ3) is 2.99. The van der Waals surface area contributed by atoms with Gasteiger partial charge in [0, 0.05) is 30.0 Å². The van der Waals surface area contributed by atoms with Crippen LogP contribution in [0.25, 0.3) is 11.0 Å². The molecule has 6 rings (SSSR count). The summed E-state index contributed by atoms with van der Waals surface area (Å²) in [6, 6.07) is 5.88. The lowest BCUT2D eigenvalue weighted by atomic mass is 9.99. The molecule has 1 aliphatic carbocycles. The van der Waals surface area contributed by atoms with E-state index >= 15 is 0 Å². The molecule has 3 aliphatic rings. The molecular formula is C22H21ClN4O3S. The second kappa shape index (κ2) is 6.53. The zero-order valence-corrected chi connectivity index (χ0v) is 18.4. The van der Waals surface area contributed by atoms with Crippen LogP contribution < -0.4 is 4.90 Å². The molecule has 3 aromatic heterocycles. The molecule has 0 atom stereocenters. The fraction of sp³-hybridized carbons (Fsp3) is 0.409. The highest BCUT2D eigenvalue weighted by atomic mass is 35.5. The molecule has 160 valence electrons. The van der Waals surface area contributed by atoms with Crippen molar-refractivity contribution in [3.63, 3.8) is 0 Å². The number of sulfone groups is 1. The van der Waals surface area contributed by atoms with E-state index in [0.717, 1.165) is 47.2 Å². The van der Waals surface area contributed by atoms with Gasteiger partial charge in [0.1, 0.15) is 5.65 Å². The lowest BCUT2D eigenvalue weighted by molar-refractivity contribution is -0.120. The number of anilines is 1. The number of hydrogen-bond donors (Lipinski definition) is 0. The van der Waals surface area contributed by atoms with E-state index in [9.17, 15) is 13.2 Å². The Kier molecular flexibility index (Phi) is 4.05. The molecule has 0 radical (unpaired) electrons. The number of pyridine rings is 2. The fourth-order valence-electron chi connectivity index (χ4n) is 5.12. The number of carbonyl (C=O) groups is 1. The number of aromatic nitrogens is 3. The molecule has 0 unspecified atom stereocenters. The maximum atomic E-state index is 13.3. The summed E-state index contributed by atoms with van der Waals surface area (Å²) in [5.74, 6) is 0.832. The minimum atomic E-state index is -2.85. The molecule has 3 aromatic rings. The standard InChI is InChI=1S/C22H21ClN4O3S/c23-16-7-15-8-17(26(20(15)25-9-16)6-2-14-12-31(29,30)13-14)11-27-19-10-24-5-1-18(19)22(3-4-22)21(27)28/h1,5,7-10,14H,2-4,6,11-13H2. The second-order valence-corrected chi connectivity index (χ2v) is 11.5. The first-order chi connectivity index (χ1) is 14.9. The Morgan fingerprint density at radius 2 is 2.00 bits per heavy atom. The van der Waals surface area contributed by atoms with E-state index in [1.807, 2.05) is 23.1 Å². The normalized spacial score (nSPS) is 20.9. The zero-order valence-electron chi connectivity index (χ0n) is 16.8. The van der Waals surface area contributed by atoms with Crippen LogP contribution in [-0.2, 0) is 33.1 Å². The number of fused-ring (bicyclic) bond motifs is 3. The molecule has 1 amide bonds. The van der Waals surface area contributed by atoms with E-state index in [1.54, 1.807) is 18.6 Å². The third-order valence-electron chi connectivity index (χ3n) is 6.86. The predicted octanol–water partition coefficient (Wildman–Crippen LogP) is 3.10. The van der Waals surface area contributed by atoms with Gasteiger partial charge in [0.2, 0.25) is 5.91 Å². The number of halogens is 1. The van der Waals surface area contributed by atoms with Crippen LogP contribution in [0, 0.1) is 5.92 Å². The molecule has 1 saturated carbocycles. The second-order valence-electron chi connectivity index (χ2n) is 8.95. The molecule has 0 bridgehead atoms. The Labute approximate surface area is 185 Å². The van der Waals surface area contributed by atoms with Crippen LogP contribution in [0.5, 0.6) is 0 Å². The van der Waals surface area contributed by atoms with E-state index in [0.29, 0.717) is 18.1 Å². The van der Waals surface area contributed by atoms with Crippen LogP contribution in [0.3, 0.4) is 0 Å². The number of amides is 1. The van der Waals surface area contributed by atoms with Crippen molar-refractivity contribution in [3.05, 3.63) is 53.1 Å². The average molecular weight is 457 g/mol. The average Bonchev–Trinajstić information content (AvgIpc) is 3.41. The van der Waals surface area contributed by atoms with E-state index in [-0.39, 0.29) is 28.7 Å². The highest BCUT2D eigenvalue weighted by Crippen LogP contribution is 2.57. The van der Waals surface area contributed by atoms with Crippen molar-refractivity contribution in [3.8, 4) is 0 Å². The van der Waals surface area contributed by atoms with Gasteiger partial charge in [-0.3, -0.25) is 9.78 Å². The lowest BCUT2D eigenvalue weighted by Crippen LogP contribution is -2.37. The minimum Gasteiger partial charge on any atom is -0.328 e. The van der Waals surface area contributed by atoms with Crippen LogP contribution in [-0.4, -0.2) is 40.4 Å². The Bertz CT molecular complexity index is 1330. The number of rotatable bonds is 5. The van der Waals surface area contributed by atoms with Crippen molar-refractivity contribution in [1.82, 2.24) is 14.5 Å². The maximum absolute atomic E-state index is 13.3. The Hall–Kier alpha value is -2.45. The van der Waals surface area contributed by atoms with E-state index in [4.69, 9.17) is 11.6 Å². The molecule has 9 heteroatoms. The van der Waals surface area contributed by atoms with Crippen LogP contribution in [0.2, 0.25) is 5.02 Å². The Balaban J connectivity index is 1.35. The van der Waals surface area contributed by atoms with Gasteiger partial charge >= 0.3 is 0 Å². The van der Waals surface area contributed by atoms with Crippen LogP contribution in [0.1, 0.15) is 30.5 Å². The molecule has 31 heavy (non-hydrogen) atoms. The quantitative estimate of drug-likeness (QED) is 0.589. The molecule has 7 nitrogen and oxygen atoms in total. The van der Waals surface area contributed by atoms with Crippen molar-refractivity contribution < 1.29 is 13.2 Å². The maximum Gasteiger partial charge on any atom is 0.238 e. The first kappa shape index (κ1) is 19.3. The molecule has 2 fully saturated rings. The topological polar surface area (TPSA) is 85.2 Å². The fourth-order valence-corrected chi connectivity index (χ4v) is 6.96. The zero-order chi connectivity index (χ0) is 21.4. The van der Waals surface area contributed by atoms with Gasteiger partial charge in [-0.15, -0.1) is 0 Å². The molecule has 0 aromatic carbocycles. The van der Waals surface area contributed by atoms with Gasteiger partial charge in [0.25, 0.3) is 0 Å². The molecular weight excluding hydrogens is 436 g/mol. The van der Waals surface area contributed by atoms with Gasteiger partial charge in [-0.25, -0.2) is 13.4 Å². The SMILES string of the molecule is O=C1N(Cc2cc3cc(Cl)cnc3n2CCC2CS(=O)(=O)C2)c2cnccc2C12CC2. The van der Waals surface area contributed by atoms with Crippen molar-refractivity contribution in [2.45, 2.75) is 37.8 Å². The van der Waals surface area contributed by atoms with Gasteiger partial charge in [0.05, 0.1) is 40.4 Å². The molecule has 5 heterocycles. The molecule has 1 saturated heterocycles. The van der Waals surface area contributed by atoms with Crippen LogP contribution in [0.4, 0.5) is 5.69 Å². The summed E-state index contributed by atoms with van der Waals surface area (Å²) < 4.78 is 25.2. The van der Waals surface area contributed by atoms with E-state index in [1.165, 1.54) is 0 Å². The van der Waals surface area contributed by atoms with Gasteiger partial charge in [-0.2, -0.15) is 0 Å². The van der Waals surface area contributed by atoms with Crippen molar-refractivity contribution in [2.75, 3.05) is 16.4 Å². The monoisotopic (exact) mass is 456 g/mol. The van der Waals surface area contributed by atoms with Crippen molar-refractivity contribution in [2.24, 2.45) is 5.92 Å². The summed E-state index contributed by atoms with van der Waals surface area (Å²) in [5, 5.41) is 1.48. The summed E-state index contributed by atoms with van der Waals surface area (Å²) in [7, 11) is -2.85. The number of carbonyl (C=O) groups excluding carboxylic acids is 1. The largest absolute Gasteiger partial charge is 0.328 e. The Morgan fingerprint density at radius 1 is 1.19 bits per heavy atom. The van der Waals surface area contributed by atoms with Crippen molar-refractivity contribution in [1.29, 1.82) is 0 Å². The summed E-state index contributed by atoms with van der Waals surface area (Å²) >= 11 is 6.17. The van der Waals surface area contributed by atoms with E-state index < -0.39 is 9.84 Å². The summed E-state index contributed by atoms with van der Waals surface area (Å²) in [6.07, 6.45) is 7.69. The first-order valence-corrected chi connectivity index (χ1v) is 12.7. The summed E-state index contributed by atoms with van der Waals surface area (Å²) in [6.45, 7) is 1.08. The summed E-state index contributed by atoms with van der Waals surface area (Å²) in [5.41, 5.74) is 3.37. The Morgan fingerprint density at radius 3 is 2.74 bits per heavy atom. The number of aryl methyl sites for hydroxylation is 1. The smallest absolute Gasteiger partial charge is 0.238 e. The lowest BCUT2D eigenvalue weighted by Gasteiger charge is -2.26. The molecule has 0 N–H and O–H groups in total. The summed E-state index contributed by atoms with van der Waals surface area (Å²) in [4.78, 5) is 23.9. The van der Waals surface area contributed by atoms with Crippen molar-refractivity contribution >= 4 is 44.1 Å². The first-order valence-electron chi connectivity index (χ1n) is 10.5. The van der Waals surface area contributed by atoms with Gasteiger partial charge in [-0.05, 0) is 48.9 Å². The van der Waals surface area contributed by atoms with Crippen LogP contribution >= 0.6 is 11.6 Å². The van der Waals surface area contributed by atoms with Gasteiger partial charge in [-0.1, -0.05) is 11.6 Å². The van der Waals surface area contributed by atoms with Crippen LogP contribution in [0.15, 0.2) is 36.8 Å². The number of nitrogens with zero attached hydrogens (tertiary/aromatic N) is 4. The highest BCUT2D eigenvalue weighted by Gasteiger charge is 2.59.